The van der Waals surface area contributed by atoms with Crippen molar-refractivity contribution in [1.82, 2.24) is 5.32 Å². The molecule has 0 aromatic heterocycles. The lowest BCUT2D eigenvalue weighted by atomic mass is 9.93. The van der Waals surface area contributed by atoms with E-state index in [0.29, 0.717) is 5.39 Å². The van der Waals surface area contributed by atoms with E-state index >= 15 is 0 Å². The van der Waals surface area contributed by atoms with Crippen molar-refractivity contribution in [3.63, 3.8) is 0 Å². The maximum atomic E-state index is 13.9. The number of rotatable bonds is 3. The third-order valence-electron chi connectivity index (χ3n) is 3.69. The van der Waals surface area contributed by atoms with Crippen LogP contribution in [0.4, 0.5) is 8.78 Å². The molecule has 0 saturated carbocycles. The van der Waals surface area contributed by atoms with E-state index in [9.17, 15) is 8.78 Å². The van der Waals surface area contributed by atoms with Gasteiger partial charge in [0.25, 0.3) is 0 Å². The van der Waals surface area contributed by atoms with Gasteiger partial charge in [-0.25, -0.2) is 8.78 Å². The predicted octanol–water partition coefficient (Wildman–Crippen LogP) is 4.43. The second-order valence-corrected chi connectivity index (χ2v) is 4.96. The maximum absolute atomic E-state index is 13.9. The Hall–Kier alpha value is -2.26. The second-order valence-electron chi connectivity index (χ2n) is 4.96. The first-order chi connectivity index (χ1) is 10.2. The van der Waals surface area contributed by atoms with Crippen LogP contribution < -0.4 is 5.32 Å². The van der Waals surface area contributed by atoms with E-state index in [4.69, 9.17) is 0 Å². The van der Waals surface area contributed by atoms with Gasteiger partial charge in [0.15, 0.2) is 0 Å². The fraction of sp³-hybridized carbons (Fsp3) is 0.111. The normalized spacial score (nSPS) is 12.5. The molecule has 0 heterocycles. The van der Waals surface area contributed by atoms with Crippen LogP contribution in [-0.2, 0) is 0 Å². The molecule has 0 fully saturated rings. The van der Waals surface area contributed by atoms with Crippen LogP contribution in [0.15, 0.2) is 60.7 Å². The molecule has 106 valence electrons. The van der Waals surface area contributed by atoms with Crippen LogP contribution in [0.5, 0.6) is 0 Å². The molecule has 3 aromatic carbocycles. The molecule has 0 aliphatic heterocycles. The van der Waals surface area contributed by atoms with Crippen molar-refractivity contribution >= 4 is 10.8 Å². The first kappa shape index (κ1) is 13.7. The van der Waals surface area contributed by atoms with Crippen LogP contribution in [0, 0.1) is 11.6 Å². The lowest BCUT2D eigenvalue weighted by Gasteiger charge is -2.19. The standard InChI is InChI=1S/C18H15F2N/c1-21-18(12-5-4-6-13(19)11-12)16-9-10-17(20)15-8-3-2-7-14(15)16/h2-11,18,21H,1H3. The number of fused-ring (bicyclic) bond motifs is 1. The molecule has 0 spiro atoms. The van der Waals surface area contributed by atoms with Gasteiger partial charge in [-0.3, -0.25) is 0 Å². The van der Waals surface area contributed by atoms with Gasteiger partial charge >= 0.3 is 0 Å². The van der Waals surface area contributed by atoms with Gasteiger partial charge < -0.3 is 5.32 Å². The molecule has 0 radical (unpaired) electrons. The Labute approximate surface area is 122 Å². The minimum absolute atomic E-state index is 0.189. The van der Waals surface area contributed by atoms with Gasteiger partial charge in [0.1, 0.15) is 11.6 Å². The van der Waals surface area contributed by atoms with Crippen LogP contribution in [-0.4, -0.2) is 7.05 Å². The minimum Gasteiger partial charge on any atom is -0.309 e. The highest BCUT2D eigenvalue weighted by molar-refractivity contribution is 5.87. The predicted molar refractivity (Wildman–Crippen MR) is 81.2 cm³/mol. The minimum atomic E-state index is -0.279. The Kier molecular flexibility index (Phi) is 3.67. The van der Waals surface area contributed by atoms with E-state index in [1.807, 2.05) is 31.3 Å². The molecule has 0 aliphatic rings. The molecule has 1 nitrogen and oxygen atoms in total. The highest BCUT2D eigenvalue weighted by Crippen LogP contribution is 2.30. The Morgan fingerprint density at radius 3 is 2.33 bits per heavy atom. The molecule has 3 rings (SSSR count). The molecule has 1 atom stereocenters. The summed E-state index contributed by atoms with van der Waals surface area (Å²) in [4.78, 5) is 0. The van der Waals surface area contributed by atoms with Crippen molar-refractivity contribution in [2.75, 3.05) is 7.05 Å². The van der Waals surface area contributed by atoms with Crippen molar-refractivity contribution in [2.45, 2.75) is 6.04 Å². The number of halogens is 2. The van der Waals surface area contributed by atoms with Gasteiger partial charge in [-0.2, -0.15) is 0 Å². The SMILES string of the molecule is CNC(c1cccc(F)c1)c1ccc(F)c2ccccc12. The Morgan fingerprint density at radius 1 is 0.857 bits per heavy atom. The summed E-state index contributed by atoms with van der Waals surface area (Å²) in [5.74, 6) is -0.525. The average molecular weight is 283 g/mol. The van der Waals surface area contributed by atoms with Crippen molar-refractivity contribution in [3.8, 4) is 0 Å². The van der Waals surface area contributed by atoms with Gasteiger partial charge in [-0.1, -0.05) is 42.5 Å². The highest BCUT2D eigenvalue weighted by atomic mass is 19.1. The van der Waals surface area contributed by atoms with Gasteiger partial charge in [0.05, 0.1) is 6.04 Å². The number of hydrogen-bond acceptors (Lipinski definition) is 1. The molecule has 1 unspecified atom stereocenters. The fourth-order valence-electron chi connectivity index (χ4n) is 2.73. The average Bonchev–Trinajstić information content (AvgIpc) is 2.51. The summed E-state index contributed by atoms with van der Waals surface area (Å²) in [5, 5.41) is 4.59. The highest BCUT2D eigenvalue weighted by Gasteiger charge is 2.16. The third-order valence-corrected chi connectivity index (χ3v) is 3.69. The summed E-state index contributed by atoms with van der Waals surface area (Å²) >= 11 is 0. The van der Waals surface area contributed by atoms with Gasteiger partial charge in [0.2, 0.25) is 0 Å². The summed E-state index contributed by atoms with van der Waals surface area (Å²) in [5.41, 5.74) is 1.74. The molecule has 0 aliphatic carbocycles. The van der Waals surface area contributed by atoms with E-state index in [0.717, 1.165) is 16.5 Å². The molecular formula is C18H15F2N. The molecule has 0 amide bonds. The number of hydrogen-bond donors (Lipinski definition) is 1. The summed E-state index contributed by atoms with van der Waals surface area (Å²) in [6.45, 7) is 0. The monoisotopic (exact) mass is 283 g/mol. The van der Waals surface area contributed by atoms with Gasteiger partial charge in [-0.05, 0) is 41.8 Å². The molecule has 1 N–H and O–H groups in total. The van der Waals surface area contributed by atoms with Crippen molar-refractivity contribution < 1.29 is 8.78 Å². The Bertz CT molecular complexity index is 783. The zero-order valence-electron chi connectivity index (χ0n) is 11.6. The van der Waals surface area contributed by atoms with Crippen LogP contribution in [0.1, 0.15) is 17.2 Å². The summed E-state index contributed by atoms with van der Waals surface area (Å²) in [6.07, 6.45) is 0. The largest absolute Gasteiger partial charge is 0.309 e. The zero-order chi connectivity index (χ0) is 14.8. The number of benzene rings is 3. The molecule has 0 bridgehead atoms. The zero-order valence-corrected chi connectivity index (χ0v) is 11.6. The maximum Gasteiger partial charge on any atom is 0.131 e. The first-order valence-corrected chi connectivity index (χ1v) is 6.80. The van der Waals surface area contributed by atoms with Crippen molar-refractivity contribution in [2.24, 2.45) is 0 Å². The number of nitrogens with one attached hydrogen (secondary N) is 1. The van der Waals surface area contributed by atoms with Crippen molar-refractivity contribution in [1.29, 1.82) is 0 Å². The van der Waals surface area contributed by atoms with E-state index in [2.05, 4.69) is 5.32 Å². The van der Waals surface area contributed by atoms with Crippen LogP contribution in [0.2, 0.25) is 0 Å². The molecule has 0 saturated heterocycles. The van der Waals surface area contributed by atoms with Crippen LogP contribution in [0.25, 0.3) is 10.8 Å². The second kappa shape index (κ2) is 5.62. The van der Waals surface area contributed by atoms with Gasteiger partial charge in [-0.15, -0.1) is 0 Å². The van der Waals surface area contributed by atoms with E-state index < -0.39 is 0 Å². The smallest absolute Gasteiger partial charge is 0.131 e. The van der Waals surface area contributed by atoms with Crippen molar-refractivity contribution in [3.05, 3.63) is 83.4 Å². The lowest BCUT2D eigenvalue weighted by molar-refractivity contribution is 0.616. The van der Waals surface area contributed by atoms with Crippen LogP contribution >= 0.6 is 0 Å². The molecule has 21 heavy (non-hydrogen) atoms. The van der Waals surface area contributed by atoms with Gasteiger partial charge in [0, 0.05) is 5.39 Å². The summed E-state index contributed by atoms with van der Waals surface area (Å²) in [6, 6.07) is 16.8. The topological polar surface area (TPSA) is 12.0 Å². The van der Waals surface area contributed by atoms with E-state index in [1.54, 1.807) is 18.2 Å². The molecule has 3 heteroatoms. The van der Waals surface area contributed by atoms with E-state index in [1.165, 1.54) is 18.2 Å². The summed E-state index contributed by atoms with van der Waals surface area (Å²) in [7, 11) is 1.81. The first-order valence-electron chi connectivity index (χ1n) is 6.80. The third kappa shape index (κ3) is 2.52. The molecular weight excluding hydrogens is 268 g/mol. The Morgan fingerprint density at radius 2 is 1.62 bits per heavy atom. The quantitative estimate of drug-likeness (QED) is 0.750. The molecule has 3 aromatic rings. The van der Waals surface area contributed by atoms with E-state index in [-0.39, 0.29) is 17.7 Å². The fourth-order valence-corrected chi connectivity index (χ4v) is 2.73. The van der Waals surface area contributed by atoms with Crippen LogP contribution in [0.3, 0.4) is 0 Å². The summed E-state index contributed by atoms with van der Waals surface area (Å²) < 4.78 is 27.4. The Balaban J connectivity index is 2.20. The lowest BCUT2D eigenvalue weighted by Crippen LogP contribution is -2.18.